The van der Waals surface area contributed by atoms with Gasteiger partial charge in [-0.15, -0.1) is 10.2 Å². The second-order valence-electron chi connectivity index (χ2n) is 8.00. The lowest BCUT2D eigenvalue weighted by Crippen LogP contribution is -2.19. The van der Waals surface area contributed by atoms with Gasteiger partial charge < -0.3 is 16.2 Å². The number of aromatic nitrogens is 7. The lowest BCUT2D eigenvalue weighted by molar-refractivity contribution is 0.182. The molecule has 2 atom stereocenters. The highest BCUT2D eigenvalue weighted by atomic mass is 16.3. The Morgan fingerprint density at radius 2 is 2.09 bits per heavy atom. The second kappa shape index (κ2) is 8.40. The highest BCUT2D eigenvalue weighted by Gasteiger charge is 2.24. The van der Waals surface area contributed by atoms with Crippen LogP contribution in [0, 0.1) is 11.3 Å². The number of aliphatic hydroxyl groups excluding tert-OH is 1. The first-order valence-electron chi connectivity index (χ1n) is 10.7. The van der Waals surface area contributed by atoms with Crippen molar-refractivity contribution in [2.45, 2.75) is 44.8 Å². The molecule has 0 amide bonds. The van der Waals surface area contributed by atoms with E-state index in [0.29, 0.717) is 41.3 Å². The van der Waals surface area contributed by atoms with Gasteiger partial charge in [0, 0.05) is 29.6 Å². The number of nitrogens with two attached hydrogens (primary N) is 1. The van der Waals surface area contributed by atoms with Gasteiger partial charge in [0.1, 0.15) is 22.9 Å². The van der Waals surface area contributed by atoms with Crippen LogP contribution in [-0.4, -0.2) is 52.2 Å². The van der Waals surface area contributed by atoms with Gasteiger partial charge >= 0.3 is 0 Å². The van der Waals surface area contributed by atoms with Crippen molar-refractivity contribution in [3.63, 3.8) is 0 Å². The maximum Gasteiger partial charge on any atom is 0.175 e. The molecule has 4 aromatic rings. The molecule has 4 heterocycles. The van der Waals surface area contributed by atoms with Gasteiger partial charge in [0.2, 0.25) is 0 Å². The largest absolute Gasteiger partial charge is 0.393 e. The topological polar surface area (TPSA) is 164 Å². The van der Waals surface area contributed by atoms with E-state index in [1.165, 1.54) is 0 Å². The summed E-state index contributed by atoms with van der Waals surface area (Å²) in [7, 11) is 0. The number of nitriles is 1. The third-order valence-electron chi connectivity index (χ3n) is 5.77. The Morgan fingerprint density at radius 1 is 1.21 bits per heavy atom. The summed E-state index contributed by atoms with van der Waals surface area (Å²) in [5.41, 5.74) is 9.83. The summed E-state index contributed by atoms with van der Waals surface area (Å²) >= 11 is 0. The lowest BCUT2D eigenvalue weighted by atomic mass is 10.1. The molecule has 0 aromatic carbocycles. The minimum atomic E-state index is -0.285. The predicted octanol–water partition coefficient (Wildman–Crippen LogP) is 2.01. The van der Waals surface area contributed by atoms with Crippen LogP contribution in [0.4, 0.5) is 11.6 Å². The maximum atomic E-state index is 9.90. The minimum Gasteiger partial charge on any atom is -0.393 e. The van der Waals surface area contributed by atoms with Crippen LogP contribution in [0.1, 0.15) is 37.6 Å². The Hall–Kier alpha value is -4.17. The standard InChI is InChI=1S/C22H22N10O/c1-2-17-22(27-13-3-5-15(33)7-13)29-19-16(10-25-21(24)20(19)28-17)12-9-26-32(11-12)18-6-4-14(8-23)30-31-18/h4,6,9-11,13,15,33H,2-3,5,7H2,1H3,(H2,24,25)(H,27,29). The summed E-state index contributed by atoms with van der Waals surface area (Å²) in [6.45, 7) is 2.01. The van der Waals surface area contributed by atoms with Crippen LogP contribution in [0.25, 0.3) is 28.0 Å². The monoisotopic (exact) mass is 442 g/mol. The SMILES string of the molecule is CCc1nc2c(N)ncc(-c3cnn(-c4ccc(C#N)nn4)c3)c2nc1NC1CCC(O)C1. The number of rotatable bonds is 5. The van der Waals surface area contributed by atoms with Gasteiger partial charge in [0.15, 0.2) is 17.3 Å². The van der Waals surface area contributed by atoms with Crippen molar-refractivity contribution < 1.29 is 5.11 Å². The molecule has 0 saturated heterocycles. The van der Waals surface area contributed by atoms with E-state index in [4.69, 9.17) is 21.0 Å². The molecule has 1 aliphatic carbocycles. The first kappa shape index (κ1) is 20.7. The van der Waals surface area contributed by atoms with Gasteiger partial charge in [0.25, 0.3) is 0 Å². The summed E-state index contributed by atoms with van der Waals surface area (Å²) in [5, 5.41) is 34.5. The molecule has 2 unspecified atom stereocenters. The molecule has 11 nitrogen and oxygen atoms in total. The quantitative estimate of drug-likeness (QED) is 0.416. The molecular weight excluding hydrogens is 420 g/mol. The Bertz CT molecular complexity index is 1360. The van der Waals surface area contributed by atoms with Gasteiger partial charge in [0.05, 0.1) is 18.0 Å². The minimum absolute atomic E-state index is 0.150. The molecule has 166 valence electrons. The van der Waals surface area contributed by atoms with Gasteiger partial charge in [-0.2, -0.15) is 10.4 Å². The van der Waals surface area contributed by atoms with E-state index in [0.717, 1.165) is 29.7 Å². The van der Waals surface area contributed by atoms with Gasteiger partial charge in [-0.05, 0) is 37.8 Å². The number of hydrogen-bond acceptors (Lipinski definition) is 10. The molecule has 4 N–H and O–H groups in total. The normalized spacial score (nSPS) is 17.8. The van der Waals surface area contributed by atoms with Gasteiger partial charge in [-0.25, -0.2) is 19.6 Å². The van der Waals surface area contributed by atoms with E-state index in [9.17, 15) is 5.11 Å². The molecule has 0 aliphatic heterocycles. The summed E-state index contributed by atoms with van der Waals surface area (Å²) < 4.78 is 1.57. The van der Waals surface area contributed by atoms with E-state index in [1.54, 1.807) is 35.4 Å². The van der Waals surface area contributed by atoms with Crippen molar-refractivity contribution in [1.29, 1.82) is 5.26 Å². The van der Waals surface area contributed by atoms with Crippen molar-refractivity contribution in [3.05, 3.63) is 42.1 Å². The first-order chi connectivity index (χ1) is 16.1. The molecule has 5 rings (SSSR count). The zero-order valence-electron chi connectivity index (χ0n) is 18.0. The van der Waals surface area contributed by atoms with E-state index in [2.05, 4.69) is 25.6 Å². The number of anilines is 2. The average molecular weight is 442 g/mol. The van der Waals surface area contributed by atoms with Crippen LogP contribution in [-0.2, 0) is 6.42 Å². The summed E-state index contributed by atoms with van der Waals surface area (Å²) in [4.78, 5) is 14.0. The molecule has 0 spiro atoms. The molecule has 1 aliphatic rings. The number of aryl methyl sites for hydroxylation is 1. The Kier molecular flexibility index (Phi) is 5.27. The van der Waals surface area contributed by atoms with Crippen LogP contribution in [0.2, 0.25) is 0 Å². The smallest absolute Gasteiger partial charge is 0.175 e. The summed E-state index contributed by atoms with van der Waals surface area (Å²) in [5.74, 6) is 1.49. The fourth-order valence-corrected chi connectivity index (χ4v) is 4.04. The fraction of sp³-hybridized carbons (Fsp3) is 0.318. The zero-order chi connectivity index (χ0) is 22.9. The molecule has 0 bridgehead atoms. The number of nitrogens with one attached hydrogen (secondary N) is 1. The third-order valence-corrected chi connectivity index (χ3v) is 5.77. The maximum absolute atomic E-state index is 9.90. The van der Waals surface area contributed by atoms with Crippen LogP contribution < -0.4 is 11.1 Å². The summed E-state index contributed by atoms with van der Waals surface area (Å²) in [6, 6.07) is 5.35. The first-order valence-corrected chi connectivity index (χ1v) is 10.7. The van der Waals surface area contributed by atoms with E-state index >= 15 is 0 Å². The van der Waals surface area contributed by atoms with E-state index in [-0.39, 0.29) is 17.8 Å². The fourth-order valence-electron chi connectivity index (χ4n) is 4.04. The molecule has 1 saturated carbocycles. The molecule has 1 fully saturated rings. The van der Waals surface area contributed by atoms with Crippen molar-refractivity contribution >= 4 is 22.7 Å². The zero-order valence-corrected chi connectivity index (χ0v) is 18.0. The number of pyridine rings is 1. The summed E-state index contributed by atoms with van der Waals surface area (Å²) in [6.07, 6.45) is 7.88. The highest BCUT2D eigenvalue weighted by Crippen LogP contribution is 2.31. The highest BCUT2D eigenvalue weighted by molar-refractivity contribution is 5.96. The van der Waals surface area contributed by atoms with Crippen molar-refractivity contribution in [3.8, 4) is 23.0 Å². The number of nitrogen functional groups attached to an aromatic ring is 1. The molecule has 33 heavy (non-hydrogen) atoms. The van der Waals surface area contributed by atoms with Crippen LogP contribution in [0.5, 0.6) is 0 Å². The van der Waals surface area contributed by atoms with Crippen LogP contribution in [0.3, 0.4) is 0 Å². The Labute approximate surface area is 189 Å². The number of hydrogen-bond donors (Lipinski definition) is 3. The number of aliphatic hydroxyl groups is 1. The Balaban J connectivity index is 1.57. The van der Waals surface area contributed by atoms with E-state index < -0.39 is 0 Å². The molecule has 0 radical (unpaired) electrons. The van der Waals surface area contributed by atoms with Crippen LogP contribution >= 0.6 is 0 Å². The van der Waals surface area contributed by atoms with Crippen molar-refractivity contribution in [1.82, 2.24) is 34.9 Å². The third kappa shape index (κ3) is 3.92. The number of fused-ring (bicyclic) bond motifs is 1. The van der Waals surface area contributed by atoms with Crippen molar-refractivity contribution in [2.75, 3.05) is 11.1 Å². The van der Waals surface area contributed by atoms with E-state index in [1.807, 2.05) is 13.0 Å². The van der Waals surface area contributed by atoms with Crippen molar-refractivity contribution in [2.24, 2.45) is 0 Å². The molecule has 11 heteroatoms. The molecular formula is C22H22N10O. The lowest BCUT2D eigenvalue weighted by Gasteiger charge is -2.17. The van der Waals surface area contributed by atoms with Crippen LogP contribution in [0.15, 0.2) is 30.7 Å². The van der Waals surface area contributed by atoms with Gasteiger partial charge in [-0.3, -0.25) is 0 Å². The second-order valence-corrected chi connectivity index (χ2v) is 8.00. The van der Waals surface area contributed by atoms with Gasteiger partial charge in [-0.1, -0.05) is 6.92 Å². The predicted molar refractivity (Wildman–Crippen MR) is 121 cm³/mol. The Morgan fingerprint density at radius 3 is 2.79 bits per heavy atom. The number of nitrogens with zero attached hydrogens (tertiary/aromatic N) is 8. The molecule has 4 aromatic heterocycles. The average Bonchev–Trinajstić information content (AvgIpc) is 3.48.